The Morgan fingerprint density at radius 1 is 1.48 bits per heavy atom. The average molecular weight is 326 g/mol. The van der Waals surface area contributed by atoms with E-state index in [9.17, 15) is 14.9 Å². The lowest BCUT2D eigenvalue weighted by molar-refractivity contribution is -0.386. The summed E-state index contributed by atoms with van der Waals surface area (Å²) in [6.07, 6.45) is 0.452. The number of rotatable bonds is 3. The maximum Gasteiger partial charge on any atom is 0.410 e. The van der Waals surface area contributed by atoms with Gasteiger partial charge in [0, 0.05) is 7.05 Å². The first-order valence-electron chi connectivity index (χ1n) is 7.27. The molecule has 128 valence electrons. The number of ether oxygens (including phenoxy) is 2. The minimum Gasteiger partial charge on any atom is -0.464 e. The van der Waals surface area contributed by atoms with Crippen LogP contribution >= 0.6 is 0 Å². The molecule has 0 aromatic carbocycles. The standard InChI is InChI=1S/C14H22N4O5/c1-13(2,3)23-12(19)17-8-10(14(17,4)5)22-11-9(18(20)21)7-16(6)15-11/h7,10H,8H2,1-6H3. The van der Waals surface area contributed by atoms with Gasteiger partial charge in [-0.3, -0.25) is 19.7 Å². The van der Waals surface area contributed by atoms with E-state index in [1.165, 1.54) is 15.8 Å². The van der Waals surface area contributed by atoms with Gasteiger partial charge in [-0.05, 0) is 34.6 Å². The highest BCUT2D eigenvalue weighted by Crippen LogP contribution is 2.36. The first kappa shape index (κ1) is 17.0. The van der Waals surface area contributed by atoms with Gasteiger partial charge < -0.3 is 9.47 Å². The van der Waals surface area contributed by atoms with E-state index in [1.54, 1.807) is 27.8 Å². The van der Waals surface area contributed by atoms with Crippen LogP contribution in [0, 0.1) is 10.1 Å². The van der Waals surface area contributed by atoms with Crippen molar-refractivity contribution in [2.24, 2.45) is 7.05 Å². The van der Waals surface area contributed by atoms with Crippen LogP contribution in [0.15, 0.2) is 6.20 Å². The zero-order chi connectivity index (χ0) is 17.6. The molecule has 9 nitrogen and oxygen atoms in total. The monoisotopic (exact) mass is 326 g/mol. The Bertz CT molecular complexity index is 632. The largest absolute Gasteiger partial charge is 0.464 e. The van der Waals surface area contributed by atoms with Crippen LogP contribution in [-0.4, -0.2) is 49.5 Å². The number of amides is 1. The lowest BCUT2D eigenvalue weighted by atomic mass is 9.86. The van der Waals surface area contributed by atoms with Gasteiger partial charge in [0.1, 0.15) is 17.9 Å². The smallest absolute Gasteiger partial charge is 0.410 e. The van der Waals surface area contributed by atoms with E-state index < -0.39 is 28.3 Å². The summed E-state index contributed by atoms with van der Waals surface area (Å²) in [6, 6.07) is 0. The van der Waals surface area contributed by atoms with Crippen molar-refractivity contribution < 1.29 is 19.2 Å². The van der Waals surface area contributed by atoms with E-state index >= 15 is 0 Å². The van der Waals surface area contributed by atoms with Crippen molar-refractivity contribution in [1.82, 2.24) is 14.7 Å². The van der Waals surface area contributed by atoms with Crippen molar-refractivity contribution in [2.45, 2.75) is 51.9 Å². The normalized spacial score (nSPS) is 19.9. The zero-order valence-electron chi connectivity index (χ0n) is 14.2. The number of nitrogens with zero attached hydrogens (tertiary/aromatic N) is 4. The van der Waals surface area contributed by atoms with Crippen LogP contribution in [0.4, 0.5) is 10.5 Å². The highest BCUT2D eigenvalue weighted by atomic mass is 16.6. The molecule has 9 heteroatoms. The van der Waals surface area contributed by atoms with Crippen LogP contribution < -0.4 is 4.74 Å². The molecule has 0 aliphatic carbocycles. The molecule has 0 radical (unpaired) electrons. The zero-order valence-corrected chi connectivity index (χ0v) is 14.2. The summed E-state index contributed by atoms with van der Waals surface area (Å²) in [4.78, 5) is 24.2. The number of carbonyl (C=O) groups is 1. The minimum atomic E-state index is -0.645. The number of carbonyl (C=O) groups excluding carboxylic acids is 1. The summed E-state index contributed by atoms with van der Waals surface area (Å²) in [5.41, 5.74) is -1.42. The molecule has 1 aromatic rings. The second kappa shape index (κ2) is 5.39. The molecule has 1 unspecified atom stereocenters. The lowest BCUT2D eigenvalue weighted by Crippen LogP contribution is -2.71. The third-order valence-corrected chi connectivity index (χ3v) is 3.67. The molecule has 1 aromatic heterocycles. The van der Waals surface area contributed by atoms with E-state index in [0.717, 1.165) is 0 Å². The average Bonchev–Trinajstić information content (AvgIpc) is 2.73. The fraction of sp³-hybridized carbons (Fsp3) is 0.714. The first-order chi connectivity index (χ1) is 10.4. The van der Waals surface area contributed by atoms with Gasteiger partial charge in [-0.25, -0.2) is 4.79 Å². The molecule has 1 atom stereocenters. The van der Waals surface area contributed by atoms with Crippen molar-refractivity contribution >= 4 is 11.8 Å². The molecule has 2 heterocycles. The van der Waals surface area contributed by atoms with E-state index in [-0.39, 0.29) is 18.1 Å². The molecule has 23 heavy (non-hydrogen) atoms. The van der Waals surface area contributed by atoms with E-state index in [4.69, 9.17) is 9.47 Å². The summed E-state index contributed by atoms with van der Waals surface area (Å²) < 4.78 is 12.3. The Hall–Kier alpha value is -2.32. The van der Waals surface area contributed by atoms with Crippen molar-refractivity contribution in [1.29, 1.82) is 0 Å². The van der Waals surface area contributed by atoms with Gasteiger partial charge in [-0.2, -0.15) is 0 Å². The minimum absolute atomic E-state index is 0.0422. The van der Waals surface area contributed by atoms with Gasteiger partial charge in [0.15, 0.2) is 0 Å². The molecule has 1 aliphatic heterocycles. The molecule has 1 fully saturated rings. The van der Waals surface area contributed by atoms with Crippen LogP contribution in [0.3, 0.4) is 0 Å². The third-order valence-electron chi connectivity index (χ3n) is 3.67. The number of hydrogen-bond acceptors (Lipinski definition) is 6. The van der Waals surface area contributed by atoms with Crippen LogP contribution in [-0.2, 0) is 11.8 Å². The second-order valence-electron chi connectivity index (χ2n) is 7.10. The quantitative estimate of drug-likeness (QED) is 0.623. The Morgan fingerprint density at radius 3 is 2.57 bits per heavy atom. The lowest BCUT2D eigenvalue weighted by Gasteiger charge is -2.53. The maximum absolute atomic E-state index is 12.2. The van der Waals surface area contributed by atoms with Gasteiger partial charge in [-0.15, -0.1) is 5.10 Å². The highest BCUT2D eigenvalue weighted by Gasteiger charge is 2.53. The fourth-order valence-electron chi connectivity index (χ4n) is 2.29. The number of aromatic nitrogens is 2. The number of hydrogen-bond donors (Lipinski definition) is 0. The number of aryl methyl sites for hydroxylation is 1. The maximum atomic E-state index is 12.2. The summed E-state index contributed by atoms with van der Waals surface area (Å²) >= 11 is 0. The fourth-order valence-corrected chi connectivity index (χ4v) is 2.29. The molecule has 0 spiro atoms. The van der Waals surface area contributed by atoms with Crippen molar-refractivity contribution in [3.05, 3.63) is 16.3 Å². The van der Waals surface area contributed by atoms with Gasteiger partial charge in [0.25, 0.3) is 0 Å². The van der Waals surface area contributed by atoms with Crippen LogP contribution in [0.1, 0.15) is 34.6 Å². The molecular formula is C14H22N4O5. The van der Waals surface area contributed by atoms with Crippen LogP contribution in [0.25, 0.3) is 0 Å². The Morgan fingerprint density at radius 2 is 2.09 bits per heavy atom. The topological polar surface area (TPSA) is 99.7 Å². The van der Waals surface area contributed by atoms with Crippen molar-refractivity contribution in [3.8, 4) is 5.88 Å². The first-order valence-corrected chi connectivity index (χ1v) is 7.27. The van der Waals surface area contributed by atoms with Gasteiger partial charge in [0.05, 0.1) is 17.0 Å². The van der Waals surface area contributed by atoms with Gasteiger partial charge in [-0.1, -0.05) is 0 Å². The van der Waals surface area contributed by atoms with Crippen LogP contribution in [0.2, 0.25) is 0 Å². The third kappa shape index (κ3) is 3.38. The Labute approximate surface area is 134 Å². The second-order valence-corrected chi connectivity index (χ2v) is 7.10. The summed E-state index contributed by atoms with van der Waals surface area (Å²) in [7, 11) is 1.58. The van der Waals surface area contributed by atoms with Gasteiger partial charge in [0.2, 0.25) is 0 Å². The predicted octanol–water partition coefficient (Wildman–Crippen LogP) is 2.10. The summed E-state index contributed by atoms with van der Waals surface area (Å²) in [5, 5.41) is 15.0. The number of likely N-dealkylation sites (tertiary alicyclic amines) is 1. The van der Waals surface area contributed by atoms with E-state index in [1.807, 2.05) is 13.8 Å². The predicted molar refractivity (Wildman–Crippen MR) is 81.3 cm³/mol. The van der Waals surface area contributed by atoms with Crippen LogP contribution in [0.5, 0.6) is 5.88 Å². The Kier molecular flexibility index (Phi) is 4.00. The molecule has 1 amide bonds. The molecular weight excluding hydrogens is 304 g/mol. The summed E-state index contributed by atoms with van der Waals surface area (Å²) in [6.45, 7) is 9.31. The molecule has 0 N–H and O–H groups in total. The number of nitro groups is 1. The highest BCUT2D eigenvalue weighted by molar-refractivity contribution is 5.71. The molecule has 1 saturated heterocycles. The van der Waals surface area contributed by atoms with E-state index in [2.05, 4.69) is 5.10 Å². The Balaban J connectivity index is 2.08. The van der Waals surface area contributed by atoms with Gasteiger partial charge >= 0.3 is 17.7 Å². The van der Waals surface area contributed by atoms with E-state index in [0.29, 0.717) is 0 Å². The SMILES string of the molecule is Cn1cc([N+](=O)[O-])c(OC2CN(C(=O)OC(C)(C)C)C2(C)C)n1. The molecule has 2 rings (SSSR count). The molecule has 1 aliphatic rings. The molecule has 0 bridgehead atoms. The summed E-state index contributed by atoms with van der Waals surface area (Å²) in [5.74, 6) is -0.0422. The van der Waals surface area contributed by atoms with Crippen molar-refractivity contribution in [2.75, 3.05) is 6.54 Å². The molecule has 0 saturated carbocycles. The van der Waals surface area contributed by atoms with Crippen molar-refractivity contribution in [3.63, 3.8) is 0 Å².